The van der Waals surface area contributed by atoms with Crippen molar-refractivity contribution < 1.29 is 26.6 Å². The Balaban J connectivity index is 1.31. The van der Waals surface area contributed by atoms with Gasteiger partial charge in [-0.05, 0) is 29.7 Å². The smallest absolute Gasteiger partial charge is 0.255 e. The Morgan fingerprint density at radius 2 is 1.82 bits per heavy atom. The van der Waals surface area contributed by atoms with E-state index in [9.17, 15) is 14.4 Å². The first-order valence-corrected chi connectivity index (χ1v) is 11.2. The molecule has 1 N–H and O–H groups in total. The number of imide groups is 1. The van der Waals surface area contributed by atoms with E-state index >= 15 is 0 Å². The molecular formula is C25H27N3O5. The molecule has 3 amide bonds. The first-order valence-electron chi connectivity index (χ1n) is 12.2. The number of benzene rings is 2. The van der Waals surface area contributed by atoms with Crippen LogP contribution < -0.4 is 10.1 Å². The Bertz CT molecular complexity index is 1150. The molecule has 2 saturated heterocycles. The summed E-state index contributed by atoms with van der Waals surface area (Å²) in [5.74, 6) is -0.901. The van der Waals surface area contributed by atoms with Gasteiger partial charge >= 0.3 is 0 Å². The summed E-state index contributed by atoms with van der Waals surface area (Å²) in [7, 11) is 0. The molecule has 0 aliphatic carbocycles. The second kappa shape index (κ2) is 9.33. The molecule has 0 spiro atoms. The van der Waals surface area contributed by atoms with Crippen molar-refractivity contribution in [2.45, 2.75) is 38.5 Å². The Morgan fingerprint density at radius 1 is 1.06 bits per heavy atom. The van der Waals surface area contributed by atoms with E-state index in [1.54, 1.807) is 30.3 Å². The van der Waals surface area contributed by atoms with Gasteiger partial charge in [-0.15, -0.1) is 0 Å². The SMILES string of the molecule is [2H]C([2H])(Oc1cccc2c1CN([C@H]1CCC(=O)NC1=O)C2=O)c1ccc(CN2CCOCC2)cc1. The maximum absolute atomic E-state index is 13.0. The fraction of sp³-hybridized carbons (Fsp3) is 0.400. The molecule has 3 aliphatic rings. The minimum absolute atomic E-state index is 0.116. The largest absolute Gasteiger partial charge is 0.489 e. The highest BCUT2D eigenvalue weighted by molar-refractivity contribution is 6.05. The number of hydrogen-bond acceptors (Lipinski definition) is 6. The Labute approximate surface area is 195 Å². The van der Waals surface area contributed by atoms with E-state index in [-0.39, 0.29) is 37.0 Å². The van der Waals surface area contributed by atoms with Gasteiger partial charge in [0.05, 0.1) is 22.5 Å². The van der Waals surface area contributed by atoms with Crippen molar-refractivity contribution >= 4 is 17.7 Å². The molecule has 3 heterocycles. The molecule has 0 saturated carbocycles. The molecule has 1 atom stereocenters. The molecule has 8 heteroatoms. The van der Waals surface area contributed by atoms with E-state index in [4.69, 9.17) is 12.2 Å². The maximum atomic E-state index is 13.0. The van der Waals surface area contributed by atoms with Gasteiger partial charge in [-0.1, -0.05) is 30.3 Å². The van der Waals surface area contributed by atoms with Crippen LogP contribution in [0.4, 0.5) is 0 Å². The van der Waals surface area contributed by atoms with Gasteiger partial charge in [0.2, 0.25) is 11.8 Å². The highest BCUT2D eigenvalue weighted by Gasteiger charge is 2.40. The molecule has 3 aliphatic heterocycles. The standard InChI is InChI=1S/C25H27N3O5/c29-23-9-8-21(24(30)26-23)28-15-20-19(25(28)31)2-1-3-22(20)33-16-18-6-4-17(5-7-18)14-27-10-12-32-13-11-27/h1-7,21H,8-16H2,(H,26,29,30)/t21-/m0/s1/i16D2. The molecule has 5 rings (SSSR count). The third kappa shape index (κ3) is 4.62. The van der Waals surface area contributed by atoms with Crippen molar-refractivity contribution in [3.63, 3.8) is 0 Å². The number of amides is 3. The van der Waals surface area contributed by atoms with Gasteiger partial charge < -0.3 is 14.4 Å². The molecular weight excluding hydrogens is 422 g/mol. The third-order valence-electron chi connectivity index (χ3n) is 6.28. The van der Waals surface area contributed by atoms with E-state index in [0.717, 1.165) is 38.4 Å². The highest BCUT2D eigenvalue weighted by Crippen LogP contribution is 2.34. The van der Waals surface area contributed by atoms with Gasteiger partial charge in [0.15, 0.2) is 0 Å². The van der Waals surface area contributed by atoms with Gasteiger partial charge in [-0.25, -0.2) is 0 Å². The van der Waals surface area contributed by atoms with Crippen molar-refractivity contribution in [1.29, 1.82) is 0 Å². The monoisotopic (exact) mass is 451 g/mol. The average Bonchev–Trinajstić information content (AvgIpc) is 3.17. The van der Waals surface area contributed by atoms with E-state index in [2.05, 4.69) is 10.2 Å². The summed E-state index contributed by atoms with van der Waals surface area (Å²) >= 11 is 0. The van der Waals surface area contributed by atoms with E-state index in [1.165, 1.54) is 4.90 Å². The summed E-state index contributed by atoms with van der Waals surface area (Å²) in [6.45, 7) is 1.96. The highest BCUT2D eigenvalue weighted by atomic mass is 16.5. The summed E-state index contributed by atoms with van der Waals surface area (Å²) in [4.78, 5) is 40.5. The predicted molar refractivity (Wildman–Crippen MR) is 119 cm³/mol. The number of carbonyl (C=O) groups excluding carboxylic acids is 3. The van der Waals surface area contributed by atoms with Crippen LogP contribution in [0.25, 0.3) is 0 Å². The number of piperidine rings is 1. The van der Waals surface area contributed by atoms with Crippen LogP contribution in [0.5, 0.6) is 5.75 Å². The summed E-state index contributed by atoms with van der Waals surface area (Å²) < 4.78 is 28.3. The Kier molecular flexibility index (Phi) is 5.44. The van der Waals surface area contributed by atoms with Gasteiger partial charge in [0, 0.05) is 37.2 Å². The van der Waals surface area contributed by atoms with E-state index in [0.29, 0.717) is 16.7 Å². The lowest BCUT2D eigenvalue weighted by molar-refractivity contribution is -0.136. The number of nitrogens with one attached hydrogen (secondary N) is 1. The van der Waals surface area contributed by atoms with Crippen LogP contribution in [0.1, 0.15) is 42.6 Å². The van der Waals surface area contributed by atoms with Crippen LogP contribution in [0, 0.1) is 0 Å². The zero-order chi connectivity index (χ0) is 24.6. The average molecular weight is 452 g/mol. The fourth-order valence-electron chi connectivity index (χ4n) is 4.46. The van der Waals surface area contributed by atoms with Gasteiger partial charge in [0.1, 0.15) is 18.4 Å². The lowest BCUT2D eigenvalue weighted by Gasteiger charge is -2.29. The van der Waals surface area contributed by atoms with Gasteiger partial charge in [0.25, 0.3) is 5.91 Å². The number of morpholine rings is 1. The zero-order valence-corrected chi connectivity index (χ0v) is 18.2. The number of carbonyl (C=O) groups is 3. The van der Waals surface area contributed by atoms with Crippen molar-refractivity contribution in [3.05, 3.63) is 64.7 Å². The lowest BCUT2D eigenvalue weighted by Crippen LogP contribution is -2.52. The predicted octanol–water partition coefficient (Wildman–Crippen LogP) is 1.86. The molecule has 0 unspecified atom stereocenters. The number of fused-ring (bicyclic) bond motifs is 1. The summed E-state index contributed by atoms with van der Waals surface area (Å²) in [6.07, 6.45) is 0.433. The first kappa shape index (κ1) is 19.3. The summed E-state index contributed by atoms with van der Waals surface area (Å²) in [5.41, 5.74) is 2.36. The number of ether oxygens (including phenoxy) is 2. The second-order valence-corrected chi connectivity index (χ2v) is 8.47. The Hall–Kier alpha value is -3.23. The summed E-state index contributed by atoms with van der Waals surface area (Å²) in [6, 6.07) is 11.4. The quantitative estimate of drug-likeness (QED) is 0.675. The molecule has 2 aromatic carbocycles. The van der Waals surface area contributed by atoms with Crippen LogP contribution in [0.2, 0.25) is 0 Å². The minimum atomic E-state index is -2.13. The van der Waals surface area contributed by atoms with Crippen LogP contribution in [-0.2, 0) is 34.0 Å². The van der Waals surface area contributed by atoms with Crippen molar-refractivity contribution in [1.82, 2.24) is 15.1 Å². The van der Waals surface area contributed by atoms with Crippen LogP contribution in [0.15, 0.2) is 42.5 Å². The molecule has 172 valence electrons. The number of nitrogens with zero attached hydrogens (tertiary/aromatic N) is 2. The van der Waals surface area contributed by atoms with E-state index in [1.807, 2.05) is 12.1 Å². The fourth-order valence-corrected chi connectivity index (χ4v) is 4.46. The molecule has 0 aromatic heterocycles. The van der Waals surface area contributed by atoms with Crippen molar-refractivity contribution in [2.24, 2.45) is 0 Å². The molecule has 0 radical (unpaired) electrons. The van der Waals surface area contributed by atoms with Crippen LogP contribution in [-0.4, -0.2) is 59.9 Å². The lowest BCUT2D eigenvalue weighted by atomic mass is 10.0. The van der Waals surface area contributed by atoms with Crippen molar-refractivity contribution in [2.75, 3.05) is 26.3 Å². The topological polar surface area (TPSA) is 88.2 Å². The second-order valence-electron chi connectivity index (χ2n) is 8.47. The van der Waals surface area contributed by atoms with Crippen molar-refractivity contribution in [3.8, 4) is 5.75 Å². The zero-order valence-electron chi connectivity index (χ0n) is 20.2. The molecule has 0 bridgehead atoms. The Morgan fingerprint density at radius 3 is 2.58 bits per heavy atom. The summed E-state index contributed by atoms with van der Waals surface area (Å²) in [5, 5.41) is 2.29. The van der Waals surface area contributed by atoms with Crippen LogP contribution in [0.3, 0.4) is 0 Å². The van der Waals surface area contributed by atoms with Gasteiger partial charge in [-0.3, -0.25) is 24.6 Å². The minimum Gasteiger partial charge on any atom is -0.489 e. The van der Waals surface area contributed by atoms with E-state index < -0.39 is 18.5 Å². The molecule has 2 fully saturated rings. The first-order chi connectivity index (χ1) is 16.8. The molecule has 33 heavy (non-hydrogen) atoms. The van der Waals surface area contributed by atoms with Crippen LogP contribution >= 0.6 is 0 Å². The third-order valence-corrected chi connectivity index (χ3v) is 6.28. The van der Waals surface area contributed by atoms with Gasteiger partial charge in [-0.2, -0.15) is 0 Å². The molecule has 8 nitrogen and oxygen atoms in total. The maximum Gasteiger partial charge on any atom is 0.255 e. The number of rotatable bonds is 6. The number of hydrogen-bond donors (Lipinski definition) is 1. The normalized spacial score (nSPS) is 22.5. The molecule has 2 aromatic rings.